The number of aliphatic hydroxyl groups excluding tert-OH is 1. The molecule has 20 heavy (non-hydrogen) atoms. The van der Waals surface area contributed by atoms with Crippen molar-refractivity contribution in [2.45, 2.75) is 45.1 Å². The molecule has 1 unspecified atom stereocenters. The fourth-order valence-electron chi connectivity index (χ4n) is 2.65. The molecule has 0 radical (unpaired) electrons. The lowest BCUT2D eigenvalue weighted by Crippen LogP contribution is -2.26. The molecule has 0 saturated carbocycles. The maximum atomic E-state index is 10.8. The Hall–Kier alpha value is -1.60. The Kier molecular flexibility index (Phi) is 4.61. The Bertz CT molecular complexity index is 543. The van der Waals surface area contributed by atoms with E-state index in [1.807, 2.05) is 30.3 Å². The number of aryl methyl sites for hydroxylation is 1. The molecule has 1 N–H and O–H groups in total. The normalized spacial score (nSPS) is 13.2. The van der Waals surface area contributed by atoms with Crippen LogP contribution in [-0.2, 0) is 11.8 Å². The van der Waals surface area contributed by atoms with Crippen molar-refractivity contribution in [3.63, 3.8) is 0 Å². The maximum absolute atomic E-state index is 10.8. The van der Waals surface area contributed by atoms with Gasteiger partial charge in [0, 0.05) is 5.41 Å². The van der Waals surface area contributed by atoms with Gasteiger partial charge < -0.3 is 5.11 Å². The minimum absolute atomic E-state index is 0.300. The average molecular weight is 268 g/mol. The molecule has 0 heterocycles. The van der Waals surface area contributed by atoms with E-state index in [-0.39, 0.29) is 5.41 Å². The summed E-state index contributed by atoms with van der Waals surface area (Å²) in [4.78, 5) is 0. The van der Waals surface area contributed by atoms with Gasteiger partial charge in [0.1, 0.15) is 0 Å². The molecule has 0 amide bonds. The lowest BCUT2D eigenvalue weighted by molar-refractivity contribution is 0.100. The Morgan fingerprint density at radius 2 is 1.70 bits per heavy atom. The van der Waals surface area contributed by atoms with E-state index in [0.717, 1.165) is 24.0 Å². The summed E-state index contributed by atoms with van der Waals surface area (Å²) in [6.07, 6.45) is 1.69. The minimum atomic E-state index is -0.498. The van der Waals surface area contributed by atoms with Gasteiger partial charge in [-0.1, -0.05) is 81.8 Å². The summed E-state index contributed by atoms with van der Waals surface area (Å²) in [5, 5.41) is 10.8. The van der Waals surface area contributed by atoms with Crippen LogP contribution in [0.25, 0.3) is 0 Å². The first-order valence-corrected chi connectivity index (χ1v) is 7.38. The highest BCUT2D eigenvalue weighted by Gasteiger charge is 2.30. The van der Waals surface area contributed by atoms with Crippen LogP contribution >= 0.6 is 0 Å². The number of hydrogen-bond acceptors (Lipinski definition) is 1. The quantitative estimate of drug-likeness (QED) is 0.837. The van der Waals surface area contributed by atoms with Crippen LogP contribution in [0.2, 0.25) is 0 Å². The highest BCUT2D eigenvalue weighted by Crippen LogP contribution is 2.36. The fraction of sp³-hybridized carbons (Fsp3) is 0.368. The van der Waals surface area contributed by atoms with Gasteiger partial charge in [0.2, 0.25) is 0 Å². The first kappa shape index (κ1) is 14.8. The Morgan fingerprint density at radius 3 is 2.35 bits per heavy atom. The summed E-state index contributed by atoms with van der Waals surface area (Å²) in [6, 6.07) is 18.6. The molecule has 1 nitrogen and oxygen atoms in total. The molecule has 2 rings (SSSR count). The van der Waals surface area contributed by atoms with Crippen LogP contribution in [0.5, 0.6) is 0 Å². The van der Waals surface area contributed by atoms with Crippen molar-refractivity contribution in [2.24, 2.45) is 0 Å². The first-order valence-electron chi connectivity index (χ1n) is 7.38. The molecule has 1 heteroatoms. The van der Waals surface area contributed by atoms with E-state index in [9.17, 15) is 5.11 Å². The van der Waals surface area contributed by atoms with E-state index in [1.54, 1.807) is 0 Å². The summed E-state index contributed by atoms with van der Waals surface area (Å²) in [7, 11) is 0. The first-order chi connectivity index (χ1) is 9.55. The van der Waals surface area contributed by atoms with E-state index in [0.29, 0.717) is 0 Å². The molecular weight excluding hydrogens is 244 g/mol. The SMILES string of the molecule is CCCc1cccc(C(O)C(C)(C)c2ccccc2)c1. The largest absolute Gasteiger partial charge is 0.388 e. The molecule has 0 spiro atoms. The van der Waals surface area contributed by atoms with Gasteiger partial charge in [-0.3, -0.25) is 0 Å². The maximum Gasteiger partial charge on any atom is 0.0881 e. The van der Waals surface area contributed by atoms with Crippen LogP contribution in [0.4, 0.5) is 0 Å². The highest BCUT2D eigenvalue weighted by atomic mass is 16.3. The van der Waals surface area contributed by atoms with Gasteiger partial charge in [0.25, 0.3) is 0 Å². The molecule has 2 aromatic rings. The summed E-state index contributed by atoms with van der Waals surface area (Å²) in [6.45, 7) is 6.37. The zero-order valence-electron chi connectivity index (χ0n) is 12.6. The molecule has 0 fully saturated rings. The zero-order valence-corrected chi connectivity index (χ0v) is 12.6. The molecule has 0 aromatic heterocycles. The standard InChI is InChI=1S/C19H24O/c1-4-9-15-10-8-11-16(14-15)18(20)19(2,3)17-12-6-5-7-13-17/h5-8,10-14,18,20H,4,9H2,1-3H3. The summed E-state index contributed by atoms with van der Waals surface area (Å²) in [5.41, 5.74) is 3.16. The van der Waals surface area contributed by atoms with E-state index in [4.69, 9.17) is 0 Å². The van der Waals surface area contributed by atoms with Gasteiger partial charge >= 0.3 is 0 Å². The smallest absolute Gasteiger partial charge is 0.0881 e. The third kappa shape index (κ3) is 3.10. The zero-order chi connectivity index (χ0) is 14.6. The summed E-state index contributed by atoms with van der Waals surface area (Å²) in [5.74, 6) is 0. The van der Waals surface area contributed by atoms with E-state index in [1.165, 1.54) is 5.56 Å². The molecule has 0 saturated heterocycles. The Labute approximate surface area is 122 Å². The van der Waals surface area contributed by atoms with Crippen LogP contribution in [0, 0.1) is 0 Å². The molecule has 0 aliphatic heterocycles. The van der Waals surface area contributed by atoms with Gasteiger partial charge in [-0.2, -0.15) is 0 Å². The van der Waals surface area contributed by atoms with Crippen LogP contribution < -0.4 is 0 Å². The van der Waals surface area contributed by atoms with Crippen LogP contribution in [0.3, 0.4) is 0 Å². The van der Waals surface area contributed by atoms with Gasteiger partial charge in [0.15, 0.2) is 0 Å². The van der Waals surface area contributed by atoms with Crippen molar-refractivity contribution < 1.29 is 5.11 Å². The van der Waals surface area contributed by atoms with Gasteiger partial charge in [-0.25, -0.2) is 0 Å². The number of hydrogen-bond donors (Lipinski definition) is 1. The van der Waals surface area contributed by atoms with Crippen LogP contribution in [-0.4, -0.2) is 5.11 Å². The molecule has 0 aliphatic rings. The van der Waals surface area contributed by atoms with E-state index < -0.39 is 6.10 Å². The van der Waals surface area contributed by atoms with Crippen molar-refractivity contribution in [3.8, 4) is 0 Å². The van der Waals surface area contributed by atoms with E-state index >= 15 is 0 Å². The lowest BCUT2D eigenvalue weighted by atomic mass is 9.76. The number of aliphatic hydroxyl groups is 1. The predicted octanol–water partition coefficient (Wildman–Crippen LogP) is 4.65. The van der Waals surface area contributed by atoms with E-state index in [2.05, 4.69) is 45.0 Å². The predicted molar refractivity (Wildman–Crippen MR) is 84.9 cm³/mol. The van der Waals surface area contributed by atoms with Crippen molar-refractivity contribution >= 4 is 0 Å². The van der Waals surface area contributed by atoms with Crippen molar-refractivity contribution in [3.05, 3.63) is 71.3 Å². The fourth-order valence-corrected chi connectivity index (χ4v) is 2.65. The monoisotopic (exact) mass is 268 g/mol. The van der Waals surface area contributed by atoms with Gasteiger partial charge in [0.05, 0.1) is 6.10 Å². The van der Waals surface area contributed by atoms with Gasteiger partial charge in [-0.05, 0) is 23.1 Å². The van der Waals surface area contributed by atoms with Gasteiger partial charge in [-0.15, -0.1) is 0 Å². The second kappa shape index (κ2) is 6.23. The van der Waals surface area contributed by atoms with Crippen molar-refractivity contribution in [1.29, 1.82) is 0 Å². The molecular formula is C19H24O. The van der Waals surface area contributed by atoms with Crippen LogP contribution in [0.1, 0.15) is 50.0 Å². The average Bonchev–Trinajstić information content (AvgIpc) is 2.48. The topological polar surface area (TPSA) is 20.2 Å². The molecule has 106 valence electrons. The highest BCUT2D eigenvalue weighted by molar-refractivity contribution is 5.32. The lowest BCUT2D eigenvalue weighted by Gasteiger charge is -2.31. The van der Waals surface area contributed by atoms with Crippen molar-refractivity contribution in [1.82, 2.24) is 0 Å². The summed E-state index contributed by atoms with van der Waals surface area (Å²) >= 11 is 0. The number of rotatable bonds is 5. The minimum Gasteiger partial charge on any atom is -0.388 e. The Morgan fingerprint density at radius 1 is 1.00 bits per heavy atom. The van der Waals surface area contributed by atoms with Crippen molar-refractivity contribution in [2.75, 3.05) is 0 Å². The molecule has 1 atom stereocenters. The summed E-state index contributed by atoms with van der Waals surface area (Å²) < 4.78 is 0. The second-order valence-electron chi connectivity index (χ2n) is 5.99. The molecule has 0 bridgehead atoms. The Balaban J connectivity index is 2.30. The molecule has 0 aliphatic carbocycles. The number of benzene rings is 2. The third-order valence-corrected chi connectivity index (χ3v) is 4.01. The second-order valence-corrected chi connectivity index (χ2v) is 5.99. The molecule has 2 aromatic carbocycles. The van der Waals surface area contributed by atoms with Crippen LogP contribution in [0.15, 0.2) is 54.6 Å². The third-order valence-electron chi connectivity index (χ3n) is 4.01.